The number of hydrogen-bond donors (Lipinski definition) is 1. The first-order chi connectivity index (χ1) is 13.9. The van der Waals surface area contributed by atoms with Crippen LogP contribution in [0.5, 0.6) is 5.75 Å². The van der Waals surface area contributed by atoms with Crippen molar-refractivity contribution in [1.82, 2.24) is 14.8 Å². The molecular formula is C23H36N4O2. The summed E-state index contributed by atoms with van der Waals surface area (Å²) < 4.78 is 0. The third-order valence-electron chi connectivity index (χ3n) is 7.26. The average Bonchev–Trinajstić information content (AvgIpc) is 2.67. The van der Waals surface area contributed by atoms with E-state index in [-0.39, 0.29) is 11.7 Å². The summed E-state index contributed by atoms with van der Waals surface area (Å²) in [5, 5.41) is 9.40. The fourth-order valence-corrected chi connectivity index (χ4v) is 6.28. The maximum atomic E-state index is 12.9. The molecule has 160 valence electrons. The molecule has 2 saturated carbocycles. The van der Waals surface area contributed by atoms with Gasteiger partial charge in [-0.2, -0.15) is 0 Å². The molecule has 2 aliphatic carbocycles. The summed E-state index contributed by atoms with van der Waals surface area (Å²) in [4.78, 5) is 23.6. The van der Waals surface area contributed by atoms with Gasteiger partial charge in [-0.05, 0) is 62.1 Å². The third kappa shape index (κ3) is 4.85. The second kappa shape index (κ2) is 8.50. The van der Waals surface area contributed by atoms with Crippen LogP contribution in [-0.4, -0.2) is 72.1 Å². The summed E-state index contributed by atoms with van der Waals surface area (Å²) >= 11 is 0. The van der Waals surface area contributed by atoms with Crippen LogP contribution >= 0.6 is 0 Å². The van der Waals surface area contributed by atoms with Crippen LogP contribution in [0, 0.1) is 17.3 Å². The Balaban J connectivity index is 1.27. The first kappa shape index (κ1) is 20.5. The minimum absolute atomic E-state index is 0.182. The molecule has 0 radical (unpaired) electrons. The van der Waals surface area contributed by atoms with Gasteiger partial charge in [-0.1, -0.05) is 19.8 Å². The predicted octanol–water partition coefficient (Wildman–Crippen LogP) is 2.97. The van der Waals surface area contributed by atoms with Gasteiger partial charge in [-0.25, -0.2) is 4.98 Å². The molecule has 29 heavy (non-hydrogen) atoms. The molecule has 2 bridgehead atoms. The predicted molar refractivity (Wildman–Crippen MR) is 115 cm³/mol. The zero-order chi connectivity index (χ0) is 20.4. The zero-order valence-electron chi connectivity index (χ0n) is 18.0. The van der Waals surface area contributed by atoms with E-state index < -0.39 is 0 Å². The SMILES string of the molecule is CC1CC2CCCC(CN(C)CC(=O)N3CCN(c4ccc(O)cn4)CC3)(C1)C2. The van der Waals surface area contributed by atoms with Crippen LogP contribution < -0.4 is 4.90 Å². The number of fused-ring (bicyclic) bond motifs is 2. The molecule has 3 atom stereocenters. The molecule has 3 unspecified atom stereocenters. The summed E-state index contributed by atoms with van der Waals surface area (Å²) in [6, 6.07) is 3.50. The van der Waals surface area contributed by atoms with Gasteiger partial charge in [-0.15, -0.1) is 0 Å². The highest BCUT2D eigenvalue weighted by Crippen LogP contribution is 2.51. The molecule has 6 heteroatoms. The van der Waals surface area contributed by atoms with Crippen LogP contribution in [0.2, 0.25) is 0 Å². The number of likely N-dealkylation sites (N-methyl/N-ethyl adjacent to an activating group) is 1. The zero-order valence-corrected chi connectivity index (χ0v) is 18.0. The van der Waals surface area contributed by atoms with E-state index in [0.29, 0.717) is 12.0 Å². The molecule has 1 aromatic heterocycles. The molecular weight excluding hydrogens is 364 g/mol. The van der Waals surface area contributed by atoms with E-state index in [1.165, 1.54) is 44.7 Å². The first-order valence-electron chi connectivity index (χ1n) is 11.3. The number of carbonyl (C=O) groups excluding carboxylic acids is 1. The number of aromatic nitrogens is 1. The lowest BCUT2D eigenvalue weighted by molar-refractivity contribution is -0.133. The van der Waals surface area contributed by atoms with E-state index >= 15 is 0 Å². The van der Waals surface area contributed by atoms with Gasteiger partial charge in [0.1, 0.15) is 11.6 Å². The van der Waals surface area contributed by atoms with Gasteiger partial charge in [-0.3, -0.25) is 9.69 Å². The van der Waals surface area contributed by atoms with Crippen LogP contribution in [0.3, 0.4) is 0 Å². The number of piperazine rings is 1. The van der Waals surface area contributed by atoms with Crippen molar-refractivity contribution in [3.05, 3.63) is 18.3 Å². The molecule has 0 spiro atoms. The van der Waals surface area contributed by atoms with Crippen molar-refractivity contribution in [2.45, 2.75) is 45.4 Å². The Kier molecular flexibility index (Phi) is 6.00. The average molecular weight is 401 g/mol. The number of anilines is 1. The third-order valence-corrected chi connectivity index (χ3v) is 7.26. The fraction of sp³-hybridized carbons (Fsp3) is 0.739. The van der Waals surface area contributed by atoms with E-state index in [4.69, 9.17) is 0 Å². The molecule has 1 amide bonds. The summed E-state index contributed by atoms with van der Waals surface area (Å²) in [5.41, 5.74) is 0.443. The number of rotatable bonds is 5. The maximum Gasteiger partial charge on any atom is 0.236 e. The molecule has 4 rings (SSSR count). The number of aromatic hydroxyl groups is 1. The van der Waals surface area contributed by atoms with Crippen LogP contribution in [0.4, 0.5) is 5.82 Å². The Morgan fingerprint density at radius 3 is 2.79 bits per heavy atom. The molecule has 1 saturated heterocycles. The van der Waals surface area contributed by atoms with Crippen molar-refractivity contribution < 1.29 is 9.90 Å². The van der Waals surface area contributed by atoms with Gasteiger partial charge in [0.05, 0.1) is 12.7 Å². The van der Waals surface area contributed by atoms with E-state index in [1.54, 1.807) is 6.07 Å². The molecule has 6 nitrogen and oxygen atoms in total. The Bertz CT molecular complexity index is 697. The highest BCUT2D eigenvalue weighted by molar-refractivity contribution is 5.78. The number of nitrogens with zero attached hydrogens (tertiary/aromatic N) is 4. The summed E-state index contributed by atoms with van der Waals surface area (Å²) in [7, 11) is 2.13. The Labute approximate surface area is 174 Å². The topological polar surface area (TPSA) is 59.9 Å². The van der Waals surface area contributed by atoms with Crippen molar-refractivity contribution >= 4 is 11.7 Å². The lowest BCUT2D eigenvalue weighted by Gasteiger charge is -2.49. The quantitative estimate of drug-likeness (QED) is 0.823. The van der Waals surface area contributed by atoms with Gasteiger partial charge in [0, 0.05) is 32.7 Å². The molecule has 0 aromatic carbocycles. The lowest BCUT2D eigenvalue weighted by atomic mass is 9.59. The summed E-state index contributed by atoms with van der Waals surface area (Å²) in [6.45, 7) is 7.06. The number of pyridine rings is 1. The minimum atomic E-state index is 0.182. The highest BCUT2D eigenvalue weighted by Gasteiger charge is 2.42. The second-order valence-corrected chi connectivity index (χ2v) is 9.92. The summed E-state index contributed by atoms with van der Waals surface area (Å²) in [6.07, 6.45) is 9.70. The molecule has 1 aliphatic heterocycles. The van der Waals surface area contributed by atoms with Crippen LogP contribution in [0.15, 0.2) is 18.3 Å². The number of carbonyl (C=O) groups is 1. The number of amides is 1. The number of hydrogen-bond acceptors (Lipinski definition) is 5. The molecule has 1 aromatic rings. The van der Waals surface area contributed by atoms with Crippen molar-refractivity contribution in [1.29, 1.82) is 0 Å². The first-order valence-corrected chi connectivity index (χ1v) is 11.3. The van der Waals surface area contributed by atoms with Crippen LogP contribution in [0.1, 0.15) is 45.4 Å². The smallest absolute Gasteiger partial charge is 0.236 e. The maximum absolute atomic E-state index is 12.9. The molecule has 1 N–H and O–H groups in total. The fourth-order valence-electron chi connectivity index (χ4n) is 6.28. The van der Waals surface area contributed by atoms with Crippen LogP contribution in [0.25, 0.3) is 0 Å². The van der Waals surface area contributed by atoms with Gasteiger partial charge < -0.3 is 14.9 Å². The normalized spacial score (nSPS) is 29.9. The standard InChI is InChI=1S/C23H36N4O2/c1-18-12-19-4-3-7-23(13-18,14-19)17-25(2)16-22(29)27-10-8-26(9-11-27)21-6-5-20(28)15-24-21/h5-6,15,18-19,28H,3-4,7-14,16-17H2,1-2H3. The van der Waals surface area contributed by atoms with E-state index in [2.05, 4.69) is 28.8 Å². The van der Waals surface area contributed by atoms with Crippen molar-refractivity contribution in [3.8, 4) is 5.75 Å². The lowest BCUT2D eigenvalue weighted by Crippen LogP contribution is -2.52. The van der Waals surface area contributed by atoms with E-state index in [1.807, 2.05) is 11.0 Å². The Morgan fingerprint density at radius 1 is 1.28 bits per heavy atom. The van der Waals surface area contributed by atoms with E-state index in [9.17, 15) is 9.90 Å². The van der Waals surface area contributed by atoms with Gasteiger partial charge >= 0.3 is 0 Å². The molecule has 3 fully saturated rings. The van der Waals surface area contributed by atoms with E-state index in [0.717, 1.165) is 50.4 Å². The van der Waals surface area contributed by atoms with Crippen LogP contribution in [-0.2, 0) is 4.79 Å². The molecule has 2 heterocycles. The van der Waals surface area contributed by atoms with Gasteiger partial charge in [0.2, 0.25) is 5.91 Å². The largest absolute Gasteiger partial charge is 0.506 e. The highest BCUT2D eigenvalue weighted by atomic mass is 16.3. The van der Waals surface area contributed by atoms with Gasteiger partial charge in [0.25, 0.3) is 0 Å². The van der Waals surface area contributed by atoms with Gasteiger partial charge in [0.15, 0.2) is 0 Å². The summed E-state index contributed by atoms with van der Waals surface area (Å²) in [5.74, 6) is 3.04. The molecule has 3 aliphatic rings. The Hall–Kier alpha value is -1.82. The van der Waals surface area contributed by atoms with Crippen molar-refractivity contribution in [2.24, 2.45) is 17.3 Å². The minimum Gasteiger partial charge on any atom is -0.506 e. The van der Waals surface area contributed by atoms with Crippen molar-refractivity contribution in [2.75, 3.05) is 51.2 Å². The van der Waals surface area contributed by atoms with Crippen molar-refractivity contribution in [3.63, 3.8) is 0 Å². The second-order valence-electron chi connectivity index (χ2n) is 9.92. The Morgan fingerprint density at radius 2 is 2.07 bits per heavy atom. The monoisotopic (exact) mass is 400 g/mol.